The van der Waals surface area contributed by atoms with Crippen molar-refractivity contribution in [2.24, 2.45) is 10.7 Å². The van der Waals surface area contributed by atoms with E-state index in [4.69, 9.17) is 5.73 Å². The first-order chi connectivity index (χ1) is 6.74. The predicted octanol–water partition coefficient (Wildman–Crippen LogP) is 2.33. The van der Waals surface area contributed by atoms with Gasteiger partial charge in [0.25, 0.3) is 0 Å². The Hall–Kier alpha value is -1.38. The number of hydrogen-bond donors (Lipinski definition) is 1. The van der Waals surface area contributed by atoms with E-state index in [1.807, 2.05) is 0 Å². The third-order valence-electron chi connectivity index (χ3n) is 1.93. The Bertz CT molecular complexity index is 304. The molecule has 14 heavy (non-hydrogen) atoms. The maximum Gasteiger partial charge on any atom is 0.125 e. The number of hydrogen-bond acceptors (Lipinski definition) is 1. The molecule has 0 aliphatic heterocycles. The maximum atomic E-state index is 12.6. The van der Waals surface area contributed by atoms with Crippen molar-refractivity contribution >= 4 is 5.84 Å². The van der Waals surface area contributed by atoms with Crippen molar-refractivity contribution in [1.29, 1.82) is 0 Å². The third-order valence-corrected chi connectivity index (χ3v) is 1.93. The van der Waals surface area contributed by atoms with E-state index in [9.17, 15) is 4.39 Å². The molecule has 0 fully saturated rings. The average molecular weight is 194 g/mol. The van der Waals surface area contributed by atoms with E-state index < -0.39 is 0 Å². The second-order valence-electron chi connectivity index (χ2n) is 3.13. The largest absolute Gasteiger partial charge is 0.384 e. The van der Waals surface area contributed by atoms with Crippen LogP contribution in [0.4, 0.5) is 4.39 Å². The van der Waals surface area contributed by atoms with Gasteiger partial charge in [-0.2, -0.15) is 0 Å². The number of nitrogens with two attached hydrogens (primary N) is 1. The average Bonchev–Trinajstić information content (AvgIpc) is 2.19. The van der Waals surface area contributed by atoms with E-state index >= 15 is 0 Å². The van der Waals surface area contributed by atoms with Gasteiger partial charge in [0.2, 0.25) is 0 Å². The van der Waals surface area contributed by atoms with Crippen molar-refractivity contribution < 1.29 is 4.39 Å². The lowest BCUT2D eigenvalue weighted by molar-refractivity contribution is 0.628. The summed E-state index contributed by atoms with van der Waals surface area (Å²) in [5.41, 5.74) is 6.49. The molecule has 0 heterocycles. The fourth-order valence-corrected chi connectivity index (χ4v) is 1.07. The van der Waals surface area contributed by atoms with E-state index in [0.717, 1.165) is 24.9 Å². The zero-order valence-electron chi connectivity index (χ0n) is 8.33. The van der Waals surface area contributed by atoms with Gasteiger partial charge < -0.3 is 5.73 Å². The predicted molar refractivity (Wildman–Crippen MR) is 56.9 cm³/mol. The minimum Gasteiger partial charge on any atom is -0.384 e. The van der Waals surface area contributed by atoms with Crippen LogP contribution in [0.5, 0.6) is 0 Å². The van der Waals surface area contributed by atoms with Crippen molar-refractivity contribution in [3.05, 3.63) is 35.6 Å². The van der Waals surface area contributed by atoms with Gasteiger partial charge in [0.1, 0.15) is 11.7 Å². The summed E-state index contributed by atoms with van der Waals surface area (Å²) in [6.45, 7) is 2.84. The van der Waals surface area contributed by atoms with E-state index in [-0.39, 0.29) is 5.82 Å². The molecule has 2 nitrogen and oxygen atoms in total. The van der Waals surface area contributed by atoms with Crippen LogP contribution in [0.2, 0.25) is 0 Å². The van der Waals surface area contributed by atoms with Gasteiger partial charge in [0, 0.05) is 12.1 Å². The summed E-state index contributed by atoms with van der Waals surface area (Å²) in [7, 11) is 0. The lowest BCUT2D eigenvalue weighted by Gasteiger charge is -2.00. The lowest BCUT2D eigenvalue weighted by Crippen LogP contribution is -2.13. The zero-order chi connectivity index (χ0) is 10.4. The molecule has 0 amide bonds. The molecule has 0 atom stereocenters. The zero-order valence-corrected chi connectivity index (χ0v) is 8.33. The molecular weight excluding hydrogens is 179 g/mol. The van der Waals surface area contributed by atoms with Gasteiger partial charge in [-0.25, -0.2) is 4.39 Å². The number of benzene rings is 1. The Morgan fingerprint density at radius 2 is 2.00 bits per heavy atom. The van der Waals surface area contributed by atoms with Gasteiger partial charge in [0.15, 0.2) is 0 Å². The summed E-state index contributed by atoms with van der Waals surface area (Å²) in [6.07, 6.45) is 2.13. The molecule has 0 bridgehead atoms. The van der Waals surface area contributed by atoms with Gasteiger partial charge in [-0.1, -0.05) is 13.3 Å². The standard InChI is InChI=1S/C11H15FN2/c1-2-3-8-14-11(13)9-4-6-10(12)7-5-9/h4-7H,2-3,8H2,1H3,(H2,13,14). The highest BCUT2D eigenvalue weighted by atomic mass is 19.1. The van der Waals surface area contributed by atoms with Gasteiger partial charge in [-0.3, -0.25) is 4.99 Å². The Morgan fingerprint density at radius 3 is 2.57 bits per heavy atom. The third kappa shape index (κ3) is 3.17. The number of aliphatic imine (C=N–C) groups is 1. The highest BCUT2D eigenvalue weighted by Crippen LogP contribution is 2.02. The highest BCUT2D eigenvalue weighted by molar-refractivity contribution is 5.97. The van der Waals surface area contributed by atoms with Crippen LogP contribution in [-0.4, -0.2) is 12.4 Å². The van der Waals surface area contributed by atoms with Crippen LogP contribution in [0.25, 0.3) is 0 Å². The maximum absolute atomic E-state index is 12.6. The summed E-state index contributed by atoms with van der Waals surface area (Å²) in [4.78, 5) is 4.19. The molecule has 0 unspecified atom stereocenters. The summed E-state index contributed by atoms with van der Waals surface area (Å²) < 4.78 is 12.6. The SMILES string of the molecule is CCCCN=C(N)c1ccc(F)cc1. The van der Waals surface area contributed by atoms with Crippen molar-refractivity contribution in [1.82, 2.24) is 0 Å². The summed E-state index contributed by atoms with van der Waals surface area (Å²) in [5.74, 6) is 0.230. The Labute approximate surface area is 83.7 Å². The Morgan fingerprint density at radius 1 is 1.36 bits per heavy atom. The molecule has 0 aromatic heterocycles. The highest BCUT2D eigenvalue weighted by Gasteiger charge is 1.97. The number of amidine groups is 1. The molecule has 0 aliphatic rings. The van der Waals surface area contributed by atoms with Crippen LogP contribution >= 0.6 is 0 Å². The van der Waals surface area contributed by atoms with Crippen molar-refractivity contribution in [3.8, 4) is 0 Å². The minimum absolute atomic E-state index is 0.255. The fourth-order valence-electron chi connectivity index (χ4n) is 1.07. The number of nitrogens with zero attached hydrogens (tertiary/aromatic N) is 1. The van der Waals surface area contributed by atoms with Gasteiger partial charge in [-0.15, -0.1) is 0 Å². The topological polar surface area (TPSA) is 38.4 Å². The number of halogens is 1. The first kappa shape index (κ1) is 10.7. The first-order valence-electron chi connectivity index (χ1n) is 4.80. The van der Waals surface area contributed by atoms with Crippen LogP contribution in [-0.2, 0) is 0 Å². The molecule has 0 radical (unpaired) electrons. The molecule has 1 rings (SSSR count). The molecule has 0 saturated carbocycles. The molecule has 3 heteroatoms. The second-order valence-corrected chi connectivity index (χ2v) is 3.13. The molecule has 1 aromatic rings. The van der Waals surface area contributed by atoms with E-state index in [1.54, 1.807) is 12.1 Å². The van der Waals surface area contributed by atoms with Crippen LogP contribution in [0.3, 0.4) is 0 Å². The first-order valence-corrected chi connectivity index (χ1v) is 4.80. The second kappa shape index (κ2) is 5.37. The molecule has 0 spiro atoms. The molecule has 76 valence electrons. The minimum atomic E-state index is -0.255. The molecule has 0 aliphatic carbocycles. The summed E-state index contributed by atoms with van der Waals surface area (Å²) >= 11 is 0. The summed E-state index contributed by atoms with van der Waals surface area (Å²) in [6, 6.07) is 6.05. The van der Waals surface area contributed by atoms with E-state index in [0.29, 0.717) is 5.84 Å². The van der Waals surface area contributed by atoms with Crippen molar-refractivity contribution in [2.75, 3.05) is 6.54 Å². The van der Waals surface area contributed by atoms with Crippen LogP contribution in [0.15, 0.2) is 29.3 Å². The van der Waals surface area contributed by atoms with Gasteiger partial charge >= 0.3 is 0 Å². The molecule has 1 aromatic carbocycles. The molecule has 2 N–H and O–H groups in total. The van der Waals surface area contributed by atoms with Crippen LogP contribution < -0.4 is 5.73 Å². The van der Waals surface area contributed by atoms with Gasteiger partial charge in [-0.05, 0) is 30.7 Å². The van der Waals surface area contributed by atoms with Crippen molar-refractivity contribution in [3.63, 3.8) is 0 Å². The fraction of sp³-hybridized carbons (Fsp3) is 0.364. The van der Waals surface area contributed by atoms with E-state index in [2.05, 4.69) is 11.9 Å². The quantitative estimate of drug-likeness (QED) is 0.446. The van der Waals surface area contributed by atoms with Gasteiger partial charge in [0.05, 0.1) is 0 Å². The smallest absolute Gasteiger partial charge is 0.125 e. The number of rotatable bonds is 4. The molecular formula is C11H15FN2. The van der Waals surface area contributed by atoms with Crippen LogP contribution in [0, 0.1) is 5.82 Å². The lowest BCUT2D eigenvalue weighted by atomic mass is 10.2. The normalized spacial score (nSPS) is 11.7. The van der Waals surface area contributed by atoms with Crippen molar-refractivity contribution in [2.45, 2.75) is 19.8 Å². The number of unbranched alkanes of at least 4 members (excludes halogenated alkanes) is 1. The Kier molecular flexibility index (Phi) is 4.11. The molecule has 0 saturated heterocycles. The summed E-state index contributed by atoms with van der Waals surface area (Å²) in [5, 5.41) is 0. The van der Waals surface area contributed by atoms with Crippen LogP contribution in [0.1, 0.15) is 25.3 Å². The Balaban J connectivity index is 2.64. The van der Waals surface area contributed by atoms with E-state index in [1.165, 1.54) is 12.1 Å². The monoisotopic (exact) mass is 194 g/mol.